The maximum Gasteiger partial charge on any atom is 0.352 e. The highest BCUT2D eigenvalue weighted by Gasteiger charge is 2.08. The lowest BCUT2D eigenvalue weighted by Crippen LogP contribution is -1.94. The molecule has 0 bridgehead atoms. The monoisotopic (exact) mass is 293 g/mol. The highest BCUT2D eigenvalue weighted by Crippen LogP contribution is 2.28. The molecule has 5 nitrogen and oxygen atoms in total. The maximum absolute atomic E-state index is 11.0. The number of carboxylic acid groups (broad SMARTS) is 1. The van der Waals surface area contributed by atoms with E-state index in [-0.39, 0.29) is 5.69 Å². The van der Waals surface area contributed by atoms with Crippen molar-refractivity contribution in [2.45, 2.75) is 0 Å². The zero-order valence-corrected chi connectivity index (χ0v) is 11.4. The van der Waals surface area contributed by atoms with Crippen molar-refractivity contribution in [3.63, 3.8) is 0 Å². The molecule has 22 heavy (non-hydrogen) atoms. The zero-order valence-electron chi connectivity index (χ0n) is 11.4. The number of nitrogens with one attached hydrogen (secondary N) is 1. The largest absolute Gasteiger partial charge is 0.477 e. The van der Waals surface area contributed by atoms with E-state index in [2.05, 4.69) is 4.98 Å². The van der Waals surface area contributed by atoms with Gasteiger partial charge >= 0.3 is 5.97 Å². The molecule has 2 aromatic heterocycles. The number of furan rings is 1. The van der Waals surface area contributed by atoms with Crippen LogP contribution in [0.5, 0.6) is 11.5 Å². The number of rotatable bonds is 3. The van der Waals surface area contributed by atoms with Gasteiger partial charge in [-0.1, -0.05) is 0 Å². The summed E-state index contributed by atoms with van der Waals surface area (Å²) in [5, 5.41) is 10.8. The van der Waals surface area contributed by atoms with Gasteiger partial charge in [-0.25, -0.2) is 4.79 Å². The number of fused-ring (bicyclic) bond motifs is 2. The van der Waals surface area contributed by atoms with Crippen LogP contribution in [0, 0.1) is 0 Å². The van der Waals surface area contributed by atoms with Crippen LogP contribution < -0.4 is 4.74 Å². The van der Waals surface area contributed by atoms with Crippen molar-refractivity contribution in [3.05, 3.63) is 60.5 Å². The Kier molecular flexibility index (Phi) is 2.66. The van der Waals surface area contributed by atoms with Gasteiger partial charge in [-0.3, -0.25) is 0 Å². The molecular weight excluding hydrogens is 282 g/mol. The van der Waals surface area contributed by atoms with E-state index in [0.29, 0.717) is 11.5 Å². The quantitative estimate of drug-likeness (QED) is 0.587. The minimum Gasteiger partial charge on any atom is -0.477 e. The summed E-state index contributed by atoms with van der Waals surface area (Å²) in [5.41, 5.74) is 1.67. The molecule has 4 rings (SSSR count). The third-order valence-corrected chi connectivity index (χ3v) is 3.49. The van der Waals surface area contributed by atoms with Crippen LogP contribution in [0.1, 0.15) is 10.5 Å². The Labute approximate surface area is 124 Å². The highest BCUT2D eigenvalue weighted by atomic mass is 16.5. The number of carbonyl (C=O) groups is 1. The summed E-state index contributed by atoms with van der Waals surface area (Å²) in [6, 6.07) is 14.5. The Bertz CT molecular complexity index is 996. The van der Waals surface area contributed by atoms with E-state index < -0.39 is 5.97 Å². The Balaban J connectivity index is 1.69. The van der Waals surface area contributed by atoms with Crippen LogP contribution in [-0.2, 0) is 0 Å². The number of H-pyrrole nitrogens is 1. The van der Waals surface area contributed by atoms with E-state index >= 15 is 0 Å². The molecule has 0 fully saturated rings. The van der Waals surface area contributed by atoms with Crippen LogP contribution in [0.4, 0.5) is 0 Å². The Morgan fingerprint density at radius 1 is 1.00 bits per heavy atom. The maximum atomic E-state index is 11.0. The molecule has 0 aliphatic carbocycles. The van der Waals surface area contributed by atoms with Crippen LogP contribution in [-0.4, -0.2) is 16.1 Å². The molecule has 108 valence electrons. The van der Waals surface area contributed by atoms with Gasteiger partial charge in [0, 0.05) is 22.4 Å². The number of benzene rings is 2. The molecule has 2 N–H and O–H groups in total. The summed E-state index contributed by atoms with van der Waals surface area (Å²) in [5.74, 6) is 0.312. The fourth-order valence-electron chi connectivity index (χ4n) is 2.42. The van der Waals surface area contributed by atoms with Crippen LogP contribution in [0.25, 0.3) is 21.9 Å². The van der Waals surface area contributed by atoms with Gasteiger partial charge < -0.3 is 19.2 Å². The summed E-state index contributed by atoms with van der Waals surface area (Å²) in [4.78, 5) is 13.8. The van der Waals surface area contributed by atoms with E-state index in [4.69, 9.17) is 14.3 Å². The lowest BCUT2D eigenvalue weighted by atomic mass is 10.2. The molecule has 4 aromatic rings. The first-order valence-electron chi connectivity index (χ1n) is 6.70. The fraction of sp³-hybridized carbons (Fsp3) is 0. The fourth-order valence-corrected chi connectivity index (χ4v) is 2.42. The Morgan fingerprint density at radius 3 is 2.68 bits per heavy atom. The first-order valence-corrected chi connectivity index (χ1v) is 6.70. The summed E-state index contributed by atoms with van der Waals surface area (Å²) in [7, 11) is 0. The number of aromatic carboxylic acids is 1. The van der Waals surface area contributed by atoms with Gasteiger partial charge in [-0.2, -0.15) is 0 Å². The second-order valence-electron chi connectivity index (χ2n) is 4.96. The number of hydrogen-bond donors (Lipinski definition) is 2. The molecule has 2 heterocycles. The molecule has 2 aromatic carbocycles. The zero-order chi connectivity index (χ0) is 15.1. The summed E-state index contributed by atoms with van der Waals surface area (Å²) in [6.07, 6.45) is 1.63. The van der Waals surface area contributed by atoms with Crippen molar-refractivity contribution < 1.29 is 19.1 Å². The number of ether oxygens (including phenoxy) is 1. The Hall–Kier alpha value is -3.21. The average Bonchev–Trinajstić information content (AvgIpc) is 3.12. The third-order valence-electron chi connectivity index (χ3n) is 3.49. The minimum absolute atomic E-state index is 0.157. The predicted molar refractivity (Wildman–Crippen MR) is 81.5 cm³/mol. The van der Waals surface area contributed by atoms with E-state index in [1.54, 1.807) is 30.5 Å². The van der Waals surface area contributed by atoms with Gasteiger partial charge in [-0.15, -0.1) is 0 Å². The lowest BCUT2D eigenvalue weighted by molar-refractivity contribution is 0.0691. The minimum atomic E-state index is -0.984. The number of aromatic nitrogens is 1. The summed E-state index contributed by atoms with van der Waals surface area (Å²) < 4.78 is 11.2. The first-order chi connectivity index (χ1) is 10.7. The predicted octanol–water partition coefficient (Wildman–Crippen LogP) is 4.40. The van der Waals surface area contributed by atoms with Crippen molar-refractivity contribution in [1.29, 1.82) is 0 Å². The number of carboxylic acids is 1. The van der Waals surface area contributed by atoms with Crippen molar-refractivity contribution in [1.82, 2.24) is 4.98 Å². The van der Waals surface area contributed by atoms with Crippen molar-refractivity contribution >= 4 is 27.8 Å². The molecule has 0 saturated heterocycles. The van der Waals surface area contributed by atoms with Gasteiger partial charge in [0.05, 0.1) is 6.26 Å². The lowest BCUT2D eigenvalue weighted by Gasteiger charge is -2.05. The molecule has 0 aliphatic rings. The molecule has 5 heteroatoms. The first kappa shape index (κ1) is 12.5. The van der Waals surface area contributed by atoms with Crippen LogP contribution in [0.2, 0.25) is 0 Å². The molecule has 0 amide bonds. The second kappa shape index (κ2) is 4.66. The van der Waals surface area contributed by atoms with E-state index in [1.807, 2.05) is 24.3 Å². The molecule has 0 spiro atoms. The van der Waals surface area contributed by atoms with E-state index in [1.165, 1.54) is 0 Å². The molecule has 0 unspecified atom stereocenters. The van der Waals surface area contributed by atoms with Gasteiger partial charge in [0.1, 0.15) is 22.8 Å². The van der Waals surface area contributed by atoms with Gasteiger partial charge in [-0.05, 0) is 42.5 Å². The molecule has 0 atom stereocenters. The summed E-state index contributed by atoms with van der Waals surface area (Å²) in [6.45, 7) is 0. The SMILES string of the molecule is O=C(O)c1cc2cc(Oc3ccc4ccoc4c3)ccc2[nH]1. The van der Waals surface area contributed by atoms with E-state index in [0.717, 1.165) is 21.9 Å². The van der Waals surface area contributed by atoms with Crippen molar-refractivity contribution in [2.24, 2.45) is 0 Å². The van der Waals surface area contributed by atoms with Crippen molar-refractivity contribution in [2.75, 3.05) is 0 Å². The van der Waals surface area contributed by atoms with Crippen LogP contribution in [0.15, 0.2) is 59.2 Å². The standard InChI is InChI=1S/C17H11NO4/c19-17(20)15-8-11-7-12(3-4-14(11)18-15)22-13-2-1-10-5-6-21-16(10)9-13/h1-9,18H,(H,19,20). The second-order valence-corrected chi connectivity index (χ2v) is 4.96. The van der Waals surface area contributed by atoms with Crippen LogP contribution >= 0.6 is 0 Å². The third kappa shape index (κ3) is 2.09. The number of aromatic amines is 1. The van der Waals surface area contributed by atoms with Gasteiger partial charge in [0.25, 0.3) is 0 Å². The van der Waals surface area contributed by atoms with Gasteiger partial charge in [0.2, 0.25) is 0 Å². The normalized spacial score (nSPS) is 11.1. The molecule has 0 saturated carbocycles. The highest BCUT2D eigenvalue weighted by molar-refractivity contribution is 5.94. The molecule has 0 radical (unpaired) electrons. The Morgan fingerprint density at radius 2 is 1.82 bits per heavy atom. The smallest absolute Gasteiger partial charge is 0.352 e. The molecule has 0 aliphatic heterocycles. The summed E-state index contributed by atoms with van der Waals surface area (Å²) >= 11 is 0. The molecular formula is C17H11NO4. The topological polar surface area (TPSA) is 75.5 Å². The number of hydrogen-bond acceptors (Lipinski definition) is 3. The van der Waals surface area contributed by atoms with E-state index in [9.17, 15) is 4.79 Å². The van der Waals surface area contributed by atoms with Crippen LogP contribution in [0.3, 0.4) is 0 Å². The van der Waals surface area contributed by atoms with Gasteiger partial charge in [0.15, 0.2) is 0 Å². The average molecular weight is 293 g/mol. The van der Waals surface area contributed by atoms with Crippen molar-refractivity contribution in [3.8, 4) is 11.5 Å².